The van der Waals surface area contributed by atoms with Crippen LogP contribution in [0.5, 0.6) is 0 Å². The quantitative estimate of drug-likeness (QED) is 0.841. The van der Waals surface area contributed by atoms with Gasteiger partial charge in [0.15, 0.2) is 9.84 Å². The average Bonchev–Trinajstić information content (AvgIpc) is 2.56. The van der Waals surface area contributed by atoms with Gasteiger partial charge in [-0.1, -0.05) is 43.3 Å². The molecule has 0 saturated heterocycles. The van der Waals surface area contributed by atoms with Gasteiger partial charge >= 0.3 is 0 Å². The number of nitrogens with one attached hydrogen (secondary N) is 1. The van der Waals surface area contributed by atoms with Crippen LogP contribution in [0.4, 0.5) is 5.69 Å². The molecule has 6 heteroatoms. The van der Waals surface area contributed by atoms with Crippen LogP contribution in [0.3, 0.4) is 0 Å². The van der Waals surface area contributed by atoms with Gasteiger partial charge in [0.25, 0.3) is 0 Å². The molecule has 0 radical (unpaired) electrons. The zero-order valence-electron chi connectivity index (χ0n) is 13.8. The highest BCUT2D eigenvalue weighted by molar-refractivity contribution is 7.90. The number of hydrogen-bond donors (Lipinski definition) is 2. The van der Waals surface area contributed by atoms with Gasteiger partial charge in [0.1, 0.15) is 0 Å². The molecule has 0 spiro atoms. The first-order valence-corrected chi connectivity index (χ1v) is 9.38. The Labute approximate surface area is 142 Å². The Morgan fingerprint density at radius 1 is 1.04 bits per heavy atom. The molecule has 1 amide bonds. The highest BCUT2D eigenvalue weighted by Crippen LogP contribution is 2.22. The smallest absolute Gasteiger partial charge is 0.228 e. The third kappa shape index (κ3) is 4.43. The summed E-state index contributed by atoms with van der Waals surface area (Å²) in [5, 5.41) is 2.78. The summed E-state index contributed by atoms with van der Waals surface area (Å²) >= 11 is 0. The summed E-state index contributed by atoms with van der Waals surface area (Å²) < 4.78 is 25.1. The summed E-state index contributed by atoms with van der Waals surface area (Å²) in [6, 6.07) is 14.9. The Bertz CT molecular complexity index is 802. The molecule has 0 aliphatic heterocycles. The number of carbonyl (C=O) groups is 1. The second-order valence-electron chi connectivity index (χ2n) is 5.87. The number of anilines is 1. The van der Waals surface area contributed by atoms with Crippen molar-refractivity contribution in [2.24, 2.45) is 11.7 Å². The van der Waals surface area contributed by atoms with Crippen molar-refractivity contribution >= 4 is 21.4 Å². The first-order valence-electron chi connectivity index (χ1n) is 7.73. The van der Waals surface area contributed by atoms with E-state index in [1.54, 1.807) is 68.4 Å². The lowest BCUT2D eigenvalue weighted by Crippen LogP contribution is -2.34. The first kappa shape index (κ1) is 18.2. The molecule has 5 nitrogen and oxygen atoms in total. The van der Waals surface area contributed by atoms with Crippen molar-refractivity contribution in [1.82, 2.24) is 0 Å². The molecule has 3 N–H and O–H groups in total. The minimum atomic E-state index is -3.48. The van der Waals surface area contributed by atoms with E-state index in [2.05, 4.69) is 5.32 Å². The molecule has 2 unspecified atom stereocenters. The first-order chi connectivity index (χ1) is 11.3. The lowest BCUT2D eigenvalue weighted by Gasteiger charge is -2.17. The molecular formula is C18H22N2O3S. The summed E-state index contributed by atoms with van der Waals surface area (Å²) in [6.45, 7) is 3.50. The second kappa shape index (κ2) is 7.59. The number of para-hydroxylation sites is 1. The number of sulfone groups is 1. The largest absolute Gasteiger partial charge is 0.327 e. The van der Waals surface area contributed by atoms with Crippen LogP contribution in [0.2, 0.25) is 0 Å². The van der Waals surface area contributed by atoms with Gasteiger partial charge in [-0.25, -0.2) is 8.42 Å². The maximum atomic E-state index is 12.5. The van der Waals surface area contributed by atoms with Crippen molar-refractivity contribution in [3.05, 3.63) is 60.2 Å². The number of carbonyl (C=O) groups excluding carboxylic acids is 1. The fraction of sp³-hybridized carbons (Fsp3) is 0.278. The van der Waals surface area contributed by atoms with Crippen LogP contribution in [0.25, 0.3) is 0 Å². The van der Waals surface area contributed by atoms with Crippen LogP contribution in [0.15, 0.2) is 59.5 Å². The van der Waals surface area contributed by atoms with Crippen molar-refractivity contribution in [3.8, 4) is 0 Å². The second-order valence-corrected chi connectivity index (χ2v) is 7.86. The molecule has 0 fully saturated rings. The van der Waals surface area contributed by atoms with Gasteiger partial charge in [0.05, 0.1) is 16.6 Å². The molecular weight excluding hydrogens is 324 g/mol. The SMILES string of the molecule is CC(N)C(C)C(=O)Nc1ccccc1CS(=O)(=O)c1ccccc1. The Morgan fingerprint density at radius 2 is 1.62 bits per heavy atom. The Kier molecular flexibility index (Phi) is 5.75. The van der Waals surface area contributed by atoms with Crippen molar-refractivity contribution in [2.45, 2.75) is 30.5 Å². The highest BCUT2D eigenvalue weighted by Gasteiger charge is 2.20. The van der Waals surface area contributed by atoms with Crippen LogP contribution in [0.1, 0.15) is 19.4 Å². The Hall–Kier alpha value is -2.18. The molecule has 24 heavy (non-hydrogen) atoms. The van der Waals surface area contributed by atoms with Gasteiger partial charge < -0.3 is 11.1 Å². The van der Waals surface area contributed by atoms with Gasteiger partial charge in [0.2, 0.25) is 5.91 Å². The number of rotatable bonds is 6. The molecule has 0 aliphatic rings. The fourth-order valence-electron chi connectivity index (χ4n) is 2.17. The highest BCUT2D eigenvalue weighted by atomic mass is 32.2. The molecule has 2 aromatic carbocycles. The number of nitrogens with two attached hydrogens (primary N) is 1. The van der Waals surface area contributed by atoms with E-state index in [-0.39, 0.29) is 28.5 Å². The van der Waals surface area contributed by atoms with Gasteiger partial charge in [0, 0.05) is 11.7 Å². The Balaban J connectivity index is 2.25. The zero-order valence-corrected chi connectivity index (χ0v) is 14.6. The van der Waals surface area contributed by atoms with E-state index in [1.165, 1.54) is 0 Å². The fourth-order valence-corrected chi connectivity index (χ4v) is 3.57. The van der Waals surface area contributed by atoms with Crippen LogP contribution >= 0.6 is 0 Å². The maximum absolute atomic E-state index is 12.5. The summed E-state index contributed by atoms with van der Waals surface area (Å²) in [5.74, 6) is -0.779. The van der Waals surface area contributed by atoms with Gasteiger partial charge in [-0.3, -0.25) is 4.79 Å². The van der Waals surface area contributed by atoms with E-state index < -0.39 is 9.84 Å². The van der Waals surface area contributed by atoms with E-state index >= 15 is 0 Å². The van der Waals surface area contributed by atoms with Crippen LogP contribution < -0.4 is 11.1 Å². The number of benzene rings is 2. The molecule has 0 aromatic heterocycles. The molecule has 0 heterocycles. The van der Waals surface area contributed by atoms with Crippen LogP contribution in [-0.4, -0.2) is 20.4 Å². The third-order valence-corrected chi connectivity index (χ3v) is 5.61. The normalized spacial score (nSPS) is 14.0. The minimum absolute atomic E-state index is 0.181. The third-order valence-electron chi connectivity index (χ3n) is 3.93. The lowest BCUT2D eigenvalue weighted by atomic mass is 10.0. The summed E-state index contributed by atoms with van der Waals surface area (Å²) in [6.07, 6.45) is 0. The van der Waals surface area contributed by atoms with Crippen molar-refractivity contribution in [2.75, 3.05) is 5.32 Å². The minimum Gasteiger partial charge on any atom is -0.327 e. The van der Waals surface area contributed by atoms with Crippen molar-refractivity contribution in [3.63, 3.8) is 0 Å². The predicted molar refractivity (Wildman–Crippen MR) is 95.2 cm³/mol. The molecule has 0 aliphatic carbocycles. The summed E-state index contributed by atoms with van der Waals surface area (Å²) in [4.78, 5) is 12.5. The molecule has 128 valence electrons. The predicted octanol–water partition coefficient (Wildman–Crippen LogP) is 2.58. The molecule has 0 bridgehead atoms. The van der Waals surface area contributed by atoms with Crippen molar-refractivity contribution in [1.29, 1.82) is 0 Å². The average molecular weight is 346 g/mol. The maximum Gasteiger partial charge on any atom is 0.228 e. The molecule has 0 saturated carbocycles. The van der Waals surface area contributed by atoms with Crippen molar-refractivity contribution < 1.29 is 13.2 Å². The Morgan fingerprint density at radius 3 is 2.25 bits per heavy atom. The van der Waals surface area contributed by atoms with Gasteiger partial charge in [-0.2, -0.15) is 0 Å². The van der Waals surface area contributed by atoms with E-state index in [0.717, 1.165) is 0 Å². The van der Waals surface area contributed by atoms with E-state index in [0.29, 0.717) is 11.3 Å². The molecule has 2 rings (SSSR count). The van der Waals surface area contributed by atoms with Crippen LogP contribution in [-0.2, 0) is 20.4 Å². The summed E-state index contributed by atoms with van der Waals surface area (Å²) in [7, 11) is -3.48. The zero-order chi connectivity index (χ0) is 17.7. The number of amides is 1. The number of hydrogen-bond acceptors (Lipinski definition) is 4. The topological polar surface area (TPSA) is 89.3 Å². The molecule has 2 aromatic rings. The van der Waals surface area contributed by atoms with Gasteiger partial charge in [-0.05, 0) is 30.7 Å². The van der Waals surface area contributed by atoms with Crippen LogP contribution in [0, 0.1) is 5.92 Å². The lowest BCUT2D eigenvalue weighted by molar-refractivity contribution is -0.119. The van der Waals surface area contributed by atoms with E-state index in [9.17, 15) is 13.2 Å². The van der Waals surface area contributed by atoms with E-state index in [4.69, 9.17) is 5.73 Å². The standard InChI is InChI=1S/C18H22N2O3S/c1-13(14(2)19)18(21)20-17-11-7-6-8-15(17)12-24(22,23)16-9-4-3-5-10-16/h3-11,13-14H,12,19H2,1-2H3,(H,20,21). The summed E-state index contributed by atoms with van der Waals surface area (Å²) in [5.41, 5.74) is 6.79. The van der Waals surface area contributed by atoms with Gasteiger partial charge in [-0.15, -0.1) is 0 Å². The molecule has 2 atom stereocenters. The monoisotopic (exact) mass is 346 g/mol. The van der Waals surface area contributed by atoms with E-state index in [1.807, 2.05) is 0 Å².